The number of nitrogens with one attached hydrogen (secondary N) is 1. The Labute approximate surface area is 146 Å². The first-order valence-electron chi connectivity index (χ1n) is 7.62. The lowest BCUT2D eigenvalue weighted by molar-refractivity contribution is -0.0498. The van der Waals surface area contributed by atoms with Crippen LogP contribution in [0.1, 0.15) is 16.3 Å². The highest BCUT2D eigenvalue weighted by molar-refractivity contribution is 6.02. The summed E-state index contributed by atoms with van der Waals surface area (Å²) in [6, 6.07) is 13.4. The fraction of sp³-hybridized carbons (Fsp3) is 0.111. The molecule has 0 unspecified atom stereocenters. The van der Waals surface area contributed by atoms with Gasteiger partial charge in [-0.1, -0.05) is 6.07 Å². The minimum atomic E-state index is -2.91. The van der Waals surface area contributed by atoms with Gasteiger partial charge in [0.25, 0.3) is 11.5 Å². The SMILES string of the molecule is O=C(Nc1ccc(OC(F)F)cc1)c1ccc(Cn2ccccc2=O)o1. The molecule has 1 N–H and O–H groups in total. The average Bonchev–Trinajstić information content (AvgIpc) is 3.07. The molecule has 0 spiro atoms. The maximum atomic E-state index is 12.2. The van der Waals surface area contributed by atoms with Crippen LogP contribution in [0.3, 0.4) is 0 Å². The van der Waals surface area contributed by atoms with E-state index in [1.165, 1.54) is 41.0 Å². The van der Waals surface area contributed by atoms with Gasteiger partial charge in [0.05, 0.1) is 6.54 Å². The number of benzene rings is 1. The van der Waals surface area contributed by atoms with Gasteiger partial charge in [-0.3, -0.25) is 9.59 Å². The van der Waals surface area contributed by atoms with E-state index < -0.39 is 12.5 Å². The summed E-state index contributed by atoms with van der Waals surface area (Å²) in [5, 5.41) is 2.58. The van der Waals surface area contributed by atoms with Crippen LogP contribution >= 0.6 is 0 Å². The van der Waals surface area contributed by atoms with Crippen LogP contribution in [0.4, 0.5) is 14.5 Å². The summed E-state index contributed by atoms with van der Waals surface area (Å²) in [7, 11) is 0. The number of anilines is 1. The van der Waals surface area contributed by atoms with Crippen molar-refractivity contribution in [2.75, 3.05) is 5.32 Å². The van der Waals surface area contributed by atoms with Crippen LogP contribution in [-0.4, -0.2) is 17.1 Å². The van der Waals surface area contributed by atoms with E-state index in [0.717, 1.165) is 0 Å². The highest BCUT2D eigenvalue weighted by Gasteiger charge is 2.12. The largest absolute Gasteiger partial charge is 0.454 e. The number of aromatic nitrogens is 1. The van der Waals surface area contributed by atoms with Crippen molar-refractivity contribution >= 4 is 11.6 Å². The molecule has 1 aromatic carbocycles. The van der Waals surface area contributed by atoms with Gasteiger partial charge in [0.1, 0.15) is 11.5 Å². The highest BCUT2D eigenvalue weighted by atomic mass is 19.3. The second-order valence-corrected chi connectivity index (χ2v) is 5.29. The zero-order valence-corrected chi connectivity index (χ0v) is 13.4. The molecule has 8 heteroatoms. The van der Waals surface area contributed by atoms with Crippen molar-refractivity contribution in [3.05, 3.63) is 82.7 Å². The van der Waals surface area contributed by atoms with Gasteiger partial charge in [-0.15, -0.1) is 0 Å². The van der Waals surface area contributed by atoms with Crippen molar-refractivity contribution in [3.8, 4) is 5.75 Å². The Morgan fingerprint density at radius 2 is 1.88 bits per heavy atom. The lowest BCUT2D eigenvalue weighted by atomic mass is 10.3. The van der Waals surface area contributed by atoms with E-state index in [0.29, 0.717) is 11.4 Å². The van der Waals surface area contributed by atoms with Gasteiger partial charge in [0.2, 0.25) is 0 Å². The van der Waals surface area contributed by atoms with Crippen LogP contribution in [0.15, 0.2) is 70.0 Å². The number of rotatable bonds is 6. The van der Waals surface area contributed by atoms with E-state index in [1.807, 2.05) is 0 Å². The third kappa shape index (κ3) is 4.35. The number of alkyl halides is 2. The molecule has 0 fully saturated rings. The fourth-order valence-corrected chi connectivity index (χ4v) is 2.26. The third-order valence-electron chi connectivity index (χ3n) is 3.45. The average molecular weight is 360 g/mol. The summed E-state index contributed by atoms with van der Waals surface area (Å²) in [5.41, 5.74) is 0.217. The molecule has 0 aliphatic heterocycles. The first-order chi connectivity index (χ1) is 12.5. The molecule has 0 radical (unpaired) electrons. The van der Waals surface area contributed by atoms with Gasteiger partial charge in [0.15, 0.2) is 5.76 Å². The van der Waals surface area contributed by atoms with Crippen LogP contribution in [0.25, 0.3) is 0 Å². The molecule has 2 aromatic heterocycles. The first-order valence-corrected chi connectivity index (χ1v) is 7.62. The zero-order valence-electron chi connectivity index (χ0n) is 13.4. The van der Waals surface area contributed by atoms with E-state index in [2.05, 4.69) is 10.1 Å². The molecular weight excluding hydrogens is 346 g/mol. The molecule has 1 amide bonds. The monoisotopic (exact) mass is 360 g/mol. The molecule has 6 nitrogen and oxygen atoms in total. The van der Waals surface area contributed by atoms with Gasteiger partial charge in [-0.2, -0.15) is 8.78 Å². The third-order valence-corrected chi connectivity index (χ3v) is 3.45. The van der Waals surface area contributed by atoms with Crippen LogP contribution in [0.2, 0.25) is 0 Å². The van der Waals surface area contributed by atoms with Crippen molar-refractivity contribution in [2.45, 2.75) is 13.2 Å². The first kappa shape index (κ1) is 17.4. The van der Waals surface area contributed by atoms with Crippen molar-refractivity contribution in [1.82, 2.24) is 4.57 Å². The molecule has 134 valence electrons. The van der Waals surface area contributed by atoms with Crippen LogP contribution in [0, 0.1) is 0 Å². The maximum absolute atomic E-state index is 12.2. The van der Waals surface area contributed by atoms with E-state index in [1.54, 1.807) is 24.4 Å². The Morgan fingerprint density at radius 3 is 2.58 bits per heavy atom. The Hall–Kier alpha value is -3.42. The van der Waals surface area contributed by atoms with Gasteiger partial charge in [-0.25, -0.2) is 0 Å². The summed E-state index contributed by atoms with van der Waals surface area (Å²) in [6.45, 7) is -2.71. The van der Waals surface area contributed by atoms with E-state index >= 15 is 0 Å². The second-order valence-electron chi connectivity index (χ2n) is 5.29. The number of nitrogens with zero attached hydrogens (tertiary/aromatic N) is 1. The Bertz CT molecular complexity index is 948. The molecule has 3 aromatic rings. The number of ether oxygens (including phenoxy) is 1. The smallest absolute Gasteiger partial charge is 0.387 e. The van der Waals surface area contributed by atoms with Crippen molar-refractivity contribution in [3.63, 3.8) is 0 Å². The predicted octanol–water partition coefficient (Wildman–Crippen LogP) is 3.34. The van der Waals surface area contributed by atoms with E-state index in [9.17, 15) is 18.4 Å². The highest BCUT2D eigenvalue weighted by Crippen LogP contribution is 2.19. The molecule has 0 bridgehead atoms. The molecule has 3 rings (SSSR count). The predicted molar refractivity (Wildman–Crippen MR) is 89.5 cm³/mol. The number of amides is 1. The number of halogens is 2. The minimum Gasteiger partial charge on any atom is -0.454 e. The standard InChI is InChI=1S/C18H14F2N2O4/c19-18(20)26-13-6-4-12(5-7-13)21-17(24)15-9-8-14(25-15)11-22-10-2-1-3-16(22)23/h1-10,18H,11H2,(H,21,24). The number of hydrogen-bond donors (Lipinski definition) is 1. The van der Waals surface area contributed by atoms with E-state index in [4.69, 9.17) is 4.42 Å². The minimum absolute atomic E-state index is 0.00779. The van der Waals surface area contributed by atoms with Crippen LogP contribution < -0.4 is 15.6 Å². The van der Waals surface area contributed by atoms with E-state index in [-0.39, 0.29) is 23.6 Å². The number of carbonyl (C=O) groups is 1. The maximum Gasteiger partial charge on any atom is 0.387 e. The summed E-state index contributed by atoms with van der Waals surface area (Å²) < 4.78 is 35.4. The van der Waals surface area contributed by atoms with Crippen LogP contribution in [-0.2, 0) is 6.54 Å². The summed E-state index contributed by atoms with van der Waals surface area (Å²) in [5.74, 6) is 0.00629. The number of furan rings is 1. The summed E-state index contributed by atoms with van der Waals surface area (Å²) >= 11 is 0. The topological polar surface area (TPSA) is 73.5 Å². The summed E-state index contributed by atoms with van der Waals surface area (Å²) in [4.78, 5) is 23.9. The molecule has 0 aliphatic carbocycles. The molecule has 0 atom stereocenters. The summed E-state index contributed by atoms with van der Waals surface area (Å²) in [6.07, 6.45) is 1.62. The fourth-order valence-electron chi connectivity index (χ4n) is 2.26. The lowest BCUT2D eigenvalue weighted by Gasteiger charge is -2.06. The number of hydrogen-bond acceptors (Lipinski definition) is 4. The number of pyridine rings is 1. The second kappa shape index (κ2) is 7.64. The quantitative estimate of drug-likeness (QED) is 0.732. The molecule has 0 saturated heterocycles. The molecule has 0 saturated carbocycles. The van der Waals surface area contributed by atoms with Crippen LogP contribution in [0.5, 0.6) is 5.75 Å². The Kier molecular flexibility index (Phi) is 5.12. The van der Waals surface area contributed by atoms with Crippen molar-refractivity contribution in [1.29, 1.82) is 0 Å². The Balaban J connectivity index is 1.64. The molecular formula is C18H14F2N2O4. The Morgan fingerprint density at radius 1 is 1.12 bits per heavy atom. The normalized spacial score (nSPS) is 10.7. The molecule has 26 heavy (non-hydrogen) atoms. The van der Waals surface area contributed by atoms with Crippen molar-refractivity contribution < 1.29 is 22.7 Å². The molecule has 2 heterocycles. The number of carbonyl (C=O) groups excluding carboxylic acids is 1. The zero-order chi connectivity index (χ0) is 18.5. The lowest BCUT2D eigenvalue weighted by Crippen LogP contribution is -2.18. The van der Waals surface area contributed by atoms with Gasteiger partial charge >= 0.3 is 6.61 Å². The molecule has 0 aliphatic rings. The van der Waals surface area contributed by atoms with Crippen molar-refractivity contribution in [2.24, 2.45) is 0 Å². The van der Waals surface area contributed by atoms with Gasteiger partial charge in [0, 0.05) is 18.0 Å². The van der Waals surface area contributed by atoms with Gasteiger partial charge < -0.3 is 19.0 Å². The van der Waals surface area contributed by atoms with Gasteiger partial charge in [-0.05, 0) is 42.5 Å².